The van der Waals surface area contributed by atoms with E-state index >= 15 is 0 Å². The number of fused-ring (bicyclic) bond motifs is 2. The van der Waals surface area contributed by atoms with E-state index in [2.05, 4.69) is 5.32 Å². The van der Waals surface area contributed by atoms with Crippen LogP contribution >= 0.6 is 0 Å². The van der Waals surface area contributed by atoms with Crippen molar-refractivity contribution < 1.29 is 33.8 Å². The Morgan fingerprint density at radius 1 is 1.02 bits per heavy atom. The van der Waals surface area contributed by atoms with Crippen molar-refractivity contribution in [3.8, 4) is 0 Å². The van der Waals surface area contributed by atoms with E-state index in [1.807, 2.05) is 61.2 Å². The smallest absolute Gasteiger partial charge is 0.313 e. The maximum absolute atomic E-state index is 14.7. The van der Waals surface area contributed by atoms with Gasteiger partial charge in [0.25, 0.3) is 0 Å². The molecule has 2 saturated heterocycles. The number of cyclic esters (lactones) is 1. The molecule has 242 valence electrons. The van der Waals surface area contributed by atoms with Crippen molar-refractivity contribution in [2.24, 2.45) is 17.8 Å². The Morgan fingerprint density at radius 2 is 1.78 bits per heavy atom. The predicted molar refractivity (Wildman–Crippen MR) is 165 cm³/mol. The van der Waals surface area contributed by atoms with E-state index in [-0.39, 0.29) is 49.3 Å². The number of rotatable bonds is 5. The molecule has 7 atom stereocenters. The predicted octanol–water partition coefficient (Wildman–Crippen LogP) is 3.07. The third-order valence-corrected chi connectivity index (χ3v) is 10.3. The molecule has 0 aromatic heterocycles. The van der Waals surface area contributed by atoms with Crippen molar-refractivity contribution in [1.82, 2.24) is 15.1 Å². The lowest BCUT2D eigenvalue weighted by Crippen LogP contribution is -2.60. The van der Waals surface area contributed by atoms with Crippen molar-refractivity contribution in [2.75, 3.05) is 19.7 Å². The summed E-state index contributed by atoms with van der Waals surface area (Å²) >= 11 is 0. The molecule has 1 saturated carbocycles. The Bertz CT molecular complexity index is 1340. The van der Waals surface area contributed by atoms with E-state index in [0.717, 1.165) is 32.1 Å². The van der Waals surface area contributed by atoms with Gasteiger partial charge in [0, 0.05) is 19.0 Å². The molecule has 1 aliphatic carbocycles. The van der Waals surface area contributed by atoms with Gasteiger partial charge < -0.3 is 29.7 Å². The summed E-state index contributed by atoms with van der Waals surface area (Å²) in [6, 6.07) is 7.59. The van der Waals surface area contributed by atoms with Crippen molar-refractivity contribution in [3.63, 3.8) is 0 Å². The standard InChI is InChI=1S/C35H45N3O7/c1-22(2)25(21-39)38-31-33(42)37(24-14-7-4-8-15-24)19-11-18-35(31)30(32(38)41)29-26(45-35)16-9-10-17-28(40)36-20-27(44-34(29)43)23-12-5-3-6-13-23/h3,5-6,9,11-13,16,18,22,24-27,29-31,39H,4,7-8,10,14-15,17,19-21H2,1-2H3,(H,36,40)/b16-9-/t25-,26+,27-,29-,30-,31+,35-/m0/s1. The normalized spacial score (nSPS) is 34.2. The van der Waals surface area contributed by atoms with Gasteiger partial charge in [-0.15, -0.1) is 0 Å². The minimum Gasteiger partial charge on any atom is -0.455 e. The molecule has 6 rings (SSSR count). The van der Waals surface area contributed by atoms with Crippen LogP contribution in [0.25, 0.3) is 0 Å². The van der Waals surface area contributed by atoms with Crippen LogP contribution in [-0.2, 0) is 28.7 Å². The van der Waals surface area contributed by atoms with Crippen molar-refractivity contribution in [2.45, 2.75) is 94.7 Å². The molecule has 1 aromatic carbocycles. The molecule has 1 spiro atoms. The number of esters is 1. The van der Waals surface area contributed by atoms with Crippen molar-refractivity contribution >= 4 is 23.7 Å². The lowest BCUT2D eigenvalue weighted by molar-refractivity contribution is -0.161. The molecule has 0 radical (unpaired) electrons. The molecular weight excluding hydrogens is 574 g/mol. The number of aliphatic hydroxyl groups excluding tert-OH is 1. The Labute approximate surface area is 264 Å². The molecule has 2 N–H and O–H groups in total. The summed E-state index contributed by atoms with van der Waals surface area (Å²) in [5.74, 6) is -3.58. The molecule has 45 heavy (non-hydrogen) atoms. The zero-order valence-electron chi connectivity index (χ0n) is 26.2. The van der Waals surface area contributed by atoms with E-state index in [4.69, 9.17) is 9.47 Å². The average Bonchev–Trinajstić information content (AvgIpc) is 3.42. The van der Waals surface area contributed by atoms with Gasteiger partial charge in [-0.2, -0.15) is 0 Å². The van der Waals surface area contributed by atoms with Gasteiger partial charge in [-0.3, -0.25) is 19.2 Å². The van der Waals surface area contributed by atoms with E-state index in [1.165, 1.54) is 4.90 Å². The van der Waals surface area contributed by atoms with Crippen LogP contribution in [0, 0.1) is 17.8 Å². The number of carbonyl (C=O) groups is 4. The first-order chi connectivity index (χ1) is 21.8. The summed E-state index contributed by atoms with van der Waals surface area (Å²) in [5, 5.41) is 13.4. The van der Waals surface area contributed by atoms with E-state index in [9.17, 15) is 24.3 Å². The first kappa shape index (κ1) is 31.5. The highest BCUT2D eigenvalue weighted by atomic mass is 16.6. The molecule has 3 amide bonds. The number of nitrogens with one attached hydrogen (secondary N) is 1. The number of hydrogen-bond acceptors (Lipinski definition) is 7. The van der Waals surface area contributed by atoms with Crippen LogP contribution in [0.1, 0.15) is 70.5 Å². The third-order valence-electron chi connectivity index (χ3n) is 10.3. The largest absolute Gasteiger partial charge is 0.455 e. The molecule has 0 bridgehead atoms. The van der Waals surface area contributed by atoms with E-state index in [0.29, 0.717) is 18.5 Å². The van der Waals surface area contributed by atoms with Crippen LogP contribution in [0.2, 0.25) is 0 Å². The monoisotopic (exact) mass is 619 g/mol. The highest BCUT2D eigenvalue weighted by Crippen LogP contribution is 2.54. The highest BCUT2D eigenvalue weighted by Gasteiger charge is 2.72. The summed E-state index contributed by atoms with van der Waals surface area (Å²) in [6.07, 6.45) is 11.4. The van der Waals surface area contributed by atoms with Gasteiger partial charge in [0.2, 0.25) is 17.7 Å². The molecule has 1 aromatic rings. The van der Waals surface area contributed by atoms with Crippen LogP contribution in [-0.4, -0.2) is 88.1 Å². The second-order valence-corrected chi connectivity index (χ2v) is 13.4. The third kappa shape index (κ3) is 5.71. The Kier molecular flexibility index (Phi) is 9.15. The van der Waals surface area contributed by atoms with Crippen LogP contribution in [0.3, 0.4) is 0 Å². The van der Waals surface area contributed by atoms with Gasteiger partial charge in [0.05, 0.1) is 31.2 Å². The second kappa shape index (κ2) is 13.1. The summed E-state index contributed by atoms with van der Waals surface area (Å²) in [6.45, 7) is 3.99. The molecule has 10 nitrogen and oxygen atoms in total. The summed E-state index contributed by atoms with van der Waals surface area (Å²) in [4.78, 5) is 59.7. The number of ether oxygens (including phenoxy) is 2. The SMILES string of the molecule is CC(C)[C@H](CO)N1C(=O)[C@@H]2[C@H]3C(=O)O[C@H](c4ccccc4)CNC(=O)CC/C=C\[C@H]3O[C@@]23C=CCN(C2CCCCC2)C(=O)[C@@H]13. The number of aliphatic hydroxyl groups is 1. The van der Waals surface area contributed by atoms with Crippen LogP contribution in [0.4, 0.5) is 0 Å². The lowest BCUT2D eigenvalue weighted by atomic mass is 9.77. The molecule has 4 aliphatic heterocycles. The number of allylic oxidation sites excluding steroid dienone is 1. The fourth-order valence-corrected chi connectivity index (χ4v) is 8.06. The fraction of sp³-hybridized carbons (Fsp3) is 0.600. The minimum absolute atomic E-state index is 0.0600. The Morgan fingerprint density at radius 3 is 2.49 bits per heavy atom. The van der Waals surface area contributed by atoms with Crippen LogP contribution in [0.15, 0.2) is 54.6 Å². The minimum atomic E-state index is -1.42. The van der Waals surface area contributed by atoms with E-state index in [1.54, 1.807) is 12.2 Å². The molecular formula is C35H45N3O7. The van der Waals surface area contributed by atoms with Gasteiger partial charge in [-0.05, 0) is 30.7 Å². The number of benzene rings is 1. The van der Waals surface area contributed by atoms with Crippen molar-refractivity contribution in [1.29, 1.82) is 0 Å². The number of likely N-dealkylation sites (tertiary alicyclic amines) is 1. The Balaban J connectivity index is 1.44. The van der Waals surface area contributed by atoms with Crippen LogP contribution < -0.4 is 5.32 Å². The van der Waals surface area contributed by atoms with Gasteiger partial charge in [-0.25, -0.2) is 0 Å². The number of amides is 3. The number of nitrogens with zero attached hydrogens (tertiary/aromatic N) is 2. The molecule has 4 heterocycles. The quantitative estimate of drug-likeness (QED) is 0.383. The topological polar surface area (TPSA) is 125 Å². The first-order valence-electron chi connectivity index (χ1n) is 16.5. The molecule has 3 fully saturated rings. The van der Waals surface area contributed by atoms with E-state index < -0.39 is 47.7 Å². The first-order valence-corrected chi connectivity index (χ1v) is 16.5. The highest BCUT2D eigenvalue weighted by molar-refractivity contribution is 5.99. The molecule has 5 aliphatic rings. The molecule has 0 unspecified atom stereocenters. The number of carbonyl (C=O) groups excluding carboxylic acids is 4. The molecule has 10 heteroatoms. The van der Waals surface area contributed by atoms with Gasteiger partial charge in [0.1, 0.15) is 23.7 Å². The maximum Gasteiger partial charge on any atom is 0.313 e. The Hall–Kier alpha value is -3.50. The zero-order chi connectivity index (χ0) is 31.7. The zero-order valence-corrected chi connectivity index (χ0v) is 26.2. The van der Waals surface area contributed by atoms with Gasteiger partial charge in [-0.1, -0.05) is 87.7 Å². The summed E-state index contributed by atoms with van der Waals surface area (Å²) < 4.78 is 13.0. The lowest BCUT2D eigenvalue weighted by Gasteiger charge is -2.42. The van der Waals surface area contributed by atoms with Gasteiger partial charge >= 0.3 is 5.97 Å². The number of hydrogen-bond donors (Lipinski definition) is 2. The second-order valence-electron chi connectivity index (χ2n) is 13.4. The fourth-order valence-electron chi connectivity index (χ4n) is 8.06. The summed E-state index contributed by atoms with van der Waals surface area (Å²) in [5.41, 5.74) is -0.705. The van der Waals surface area contributed by atoms with Gasteiger partial charge in [0.15, 0.2) is 0 Å². The average molecular weight is 620 g/mol. The summed E-state index contributed by atoms with van der Waals surface area (Å²) in [7, 11) is 0. The van der Waals surface area contributed by atoms with Crippen molar-refractivity contribution in [3.05, 3.63) is 60.2 Å². The van der Waals surface area contributed by atoms with Crippen LogP contribution in [0.5, 0.6) is 0 Å². The maximum atomic E-state index is 14.7.